The number of methoxy groups -OCH3 is 2. The Morgan fingerprint density at radius 3 is 2.56 bits per heavy atom. The largest absolute Gasteiger partial charge is 0.493 e. The number of benzene rings is 2. The lowest BCUT2D eigenvalue weighted by atomic mass is 10.2. The molecule has 10 heteroatoms. The average Bonchev–Trinajstić information content (AvgIpc) is 3.24. The van der Waals surface area contributed by atoms with Crippen molar-refractivity contribution in [1.82, 2.24) is 4.98 Å². The molecule has 0 aliphatic rings. The van der Waals surface area contributed by atoms with Crippen molar-refractivity contribution in [2.45, 2.75) is 19.8 Å². The Labute approximate surface area is 188 Å². The number of hydrogen-bond donors (Lipinski definition) is 2. The van der Waals surface area contributed by atoms with Crippen LogP contribution in [0.1, 0.15) is 30.3 Å². The summed E-state index contributed by atoms with van der Waals surface area (Å²) >= 11 is 1.12. The molecule has 2 amide bonds. The number of halogens is 1. The maximum absolute atomic E-state index is 13.9. The quantitative estimate of drug-likeness (QED) is 0.397. The van der Waals surface area contributed by atoms with Crippen LogP contribution in [0.25, 0.3) is 0 Å². The van der Waals surface area contributed by atoms with Gasteiger partial charge in [-0.05, 0) is 30.7 Å². The monoisotopic (exact) mass is 459 g/mol. The van der Waals surface area contributed by atoms with Crippen LogP contribution in [0, 0.1) is 5.82 Å². The molecule has 3 aromatic rings. The third-order valence-electron chi connectivity index (χ3n) is 4.26. The van der Waals surface area contributed by atoms with E-state index in [4.69, 9.17) is 14.2 Å². The van der Waals surface area contributed by atoms with Crippen LogP contribution in [0.2, 0.25) is 0 Å². The minimum atomic E-state index is -0.665. The van der Waals surface area contributed by atoms with E-state index in [-0.39, 0.29) is 22.4 Å². The van der Waals surface area contributed by atoms with Crippen molar-refractivity contribution in [1.29, 1.82) is 0 Å². The number of hydrogen-bond acceptors (Lipinski definition) is 7. The van der Waals surface area contributed by atoms with Gasteiger partial charge in [-0.3, -0.25) is 10.1 Å². The summed E-state index contributed by atoms with van der Waals surface area (Å²) < 4.78 is 30.3. The number of urea groups is 1. The van der Waals surface area contributed by atoms with Crippen molar-refractivity contribution >= 4 is 34.0 Å². The number of aromatic nitrogens is 1. The van der Waals surface area contributed by atoms with E-state index in [1.54, 1.807) is 23.6 Å². The fraction of sp³-hybridized carbons (Fsp3) is 0.227. The summed E-state index contributed by atoms with van der Waals surface area (Å²) in [5.74, 6) is 0.655. The molecule has 0 radical (unpaired) electrons. The molecule has 32 heavy (non-hydrogen) atoms. The molecule has 2 N–H and O–H groups in total. The number of rotatable bonds is 9. The summed E-state index contributed by atoms with van der Waals surface area (Å²) in [7, 11) is 2.96. The van der Waals surface area contributed by atoms with Crippen molar-refractivity contribution in [3.8, 4) is 23.0 Å². The van der Waals surface area contributed by atoms with Gasteiger partial charge >= 0.3 is 6.03 Å². The predicted molar refractivity (Wildman–Crippen MR) is 120 cm³/mol. The second kappa shape index (κ2) is 10.6. The zero-order chi connectivity index (χ0) is 23.1. The predicted octanol–water partition coefficient (Wildman–Crippen LogP) is 5.72. The van der Waals surface area contributed by atoms with Crippen molar-refractivity contribution in [3.63, 3.8) is 0 Å². The molecule has 0 aliphatic carbocycles. The van der Waals surface area contributed by atoms with Gasteiger partial charge in [-0.15, -0.1) is 11.3 Å². The molecule has 168 valence electrons. The minimum Gasteiger partial charge on any atom is -0.493 e. The number of para-hydroxylation sites is 1. The Hall–Kier alpha value is -3.66. The van der Waals surface area contributed by atoms with Crippen LogP contribution in [-0.4, -0.2) is 31.0 Å². The second-order valence-electron chi connectivity index (χ2n) is 6.52. The summed E-state index contributed by atoms with van der Waals surface area (Å²) in [5, 5.41) is 6.91. The molecule has 8 nitrogen and oxygen atoms in total. The number of ketones is 1. The number of thiazole rings is 1. The van der Waals surface area contributed by atoms with Gasteiger partial charge in [0.25, 0.3) is 0 Å². The number of Topliss-reactive ketones (excluding diaryl/α,β-unsaturated/α-hetero) is 1. The van der Waals surface area contributed by atoms with E-state index in [0.29, 0.717) is 35.8 Å². The van der Waals surface area contributed by atoms with Gasteiger partial charge in [-0.1, -0.05) is 13.0 Å². The zero-order valence-electron chi connectivity index (χ0n) is 17.7. The van der Waals surface area contributed by atoms with E-state index in [1.807, 2.05) is 6.92 Å². The highest BCUT2D eigenvalue weighted by Gasteiger charge is 2.17. The Bertz CT molecular complexity index is 1120. The third kappa shape index (κ3) is 5.52. The molecule has 0 aliphatic heterocycles. The molecule has 2 aromatic carbocycles. The van der Waals surface area contributed by atoms with Crippen LogP contribution in [0.4, 0.5) is 20.0 Å². The maximum atomic E-state index is 13.9. The molecular weight excluding hydrogens is 437 g/mol. The van der Waals surface area contributed by atoms with Gasteiger partial charge in [0.2, 0.25) is 5.75 Å². The number of nitrogens with one attached hydrogen (secondary N) is 2. The van der Waals surface area contributed by atoms with Gasteiger partial charge in [-0.2, -0.15) is 0 Å². The summed E-state index contributed by atoms with van der Waals surface area (Å²) in [4.78, 5) is 28.5. The maximum Gasteiger partial charge on any atom is 0.325 e. The minimum absolute atomic E-state index is 0.0891. The number of amides is 2. The topological polar surface area (TPSA) is 98.8 Å². The van der Waals surface area contributed by atoms with E-state index in [1.165, 1.54) is 26.4 Å². The SMILES string of the molecule is CCCC(=O)c1csc(NC(=O)Nc2cc(F)ccc2Oc2cccc(OC)c2OC)n1. The van der Waals surface area contributed by atoms with Crippen molar-refractivity contribution in [3.05, 3.63) is 53.3 Å². The first-order valence-corrected chi connectivity index (χ1v) is 10.6. The van der Waals surface area contributed by atoms with Crippen LogP contribution < -0.4 is 24.8 Å². The van der Waals surface area contributed by atoms with E-state index in [9.17, 15) is 14.0 Å². The van der Waals surface area contributed by atoms with Crippen LogP contribution in [0.3, 0.4) is 0 Å². The molecule has 0 atom stereocenters. The highest BCUT2D eigenvalue weighted by molar-refractivity contribution is 7.14. The number of nitrogens with zero attached hydrogens (tertiary/aromatic N) is 1. The van der Waals surface area contributed by atoms with Gasteiger partial charge in [0.15, 0.2) is 28.2 Å². The normalized spacial score (nSPS) is 10.4. The first-order chi connectivity index (χ1) is 15.4. The summed E-state index contributed by atoms with van der Waals surface area (Å²) in [6, 6.07) is 8.11. The highest BCUT2D eigenvalue weighted by Crippen LogP contribution is 2.41. The first kappa shape index (κ1) is 23.0. The van der Waals surface area contributed by atoms with Crippen molar-refractivity contribution in [2.75, 3.05) is 24.9 Å². The van der Waals surface area contributed by atoms with E-state index >= 15 is 0 Å². The molecule has 3 rings (SSSR count). The number of carbonyl (C=O) groups excluding carboxylic acids is 2. The molecule has 1 heterocycles. The van der Waals surface area contributed by atoms with Crippen molar-refractivity contribution < 1.29 is 28.2 Å². The van der Waals surface area contributed by atoms with E-state index in [2.05, 4.69) is 15.6 Å². The van der Waals surface area contributed by atoms with Crippen LogP contribution in [0.15, 0.2) is 41.8 Å². The second-order valence-corrected chi connectivity index (χ2v) is 7.38. The molecule has 0 spiro atoms. The molecular formula is C22H22FN3O5S. The lowest BCUT2D eigenvalue weighted by molar-refractivity contribution is 0.0977. The summed E-state index contributed by atoms with van der Waals surface area (Å²) in [5.41, 5.74) is 0.387. The van der Waals surface area contributed by atoms with E-state index in [0.717, 1.165) is 17.4 Å². The summed E-state index contributed by atoms with van der Waals surface area (Å²) in [6.45, 7) is 1.90. The van der Waals surface area contributed by atoms with Gasteiger partial charge in [0.05, 0.1) is 19.9 Å². The Kier molecular flexibility index (Phi) is 7.61. The average molecular weight is 459 g/mol. The fourth-order valence-electron chi connectivity index (χ4n) is 2.81. The fourth-order valence-corrected chi connectivity index (χ4v) is 3.52. The molecule has 1 aromatic heterocycles. The van der Waals surface area contributed by atoms with Crippen LogP contribution >= 0.6 is 11.3 Å². The van der Waals surface area contributed by atoms with Gasteiger partial charge < -0.3 is 19.5 Å². The molecule has 0 unspecified atom stereocenters. The smallest absolute Gasteiger partial charge is 0.325 e. The Balaban J connectivity index is 1.77. The number of anilines is 2. The molecule has 0 saturated carbocycles. The van der Waals surface area contributed by atoms with Gasteiger partial charge in [-0.25, -0.2) is 14.2 Å². The third-order valence-corrected chi connectivity index (χ3v) is 5.02. The van der Waals surface area contributed by atoms with Crippen LogP contribution in [0.5, 0.6) is 23.0 Å². The molecule has 0 bridgehead atoms. The lowest BCUT2D eigenvalue weighted by Crippen LogP contribution is -2.20. The van der Waals surface area contributed by atoms with Crippen LogP contribution in [-0.2, 0) is 0 Å². The summed E-state index contributed by atoms with van der Waals surface area (Å²) in [6.07, 6.45) is 1.09. The Morgan fingerprint density at radius 1 is 1.06 bits per heavy atom. The first-order valence-electron chi connectivity index (χ1n) is 9.70. The number of carbonyl (C=O) groups is 2. The molecule has 0 saturated heterocycles. The zero-order valence-corrected chi connectivity index (χ0v) is 18.5. The van der Waals surface area contributed by atoms with E-state index < -0.39 is 11.8 Å². The standard InChI is InChI=1S/C22H22FN3O5S/c1-4-6-16(27)15-12-32-22(25-15)26-21(28)24-14-11-13(23)9-10-17(14)31-19-8-5-7-18(29-2)20(19)30-3/h5,7-12H,4,6H2,1-3H3,(H2,24,25,26,28). The lowest BCUT2D eigenvalue weighted by Gasteiger charge is -2.16. The molecule has 0 fully saturated rings. The highest BCUT2D eigenvalue weighted by atomic mass is 32.1. The van der Waals surface area contributed by atoms with Gasteiger partial charge in [0, 0.05) is 17.9 Å². The Morgan fingerprint density at radius 2 is 1.84 bits per heavy atom. The van der Waals surface area contributed by atoms with Gasteiger partial charge in [0.1, 0.15) is 11.5 Å². The number of ether oxygens (including phenoxy) is 3. The van der Waals surface area contributed by atoms with Crippen molar-refractivity contribution in [2.24, 2.45) is 0 Å².